The van der Waals surface area contributed by atoms with E-state index in [0.29, 0.717) is 28.5 Å². The molecule has 0 bridgehead atoms. The van der Waals surface area contributed by atoms with Crippen LogP contribution in [0.15, 0.2) is 18.2 Å². The van der Waals surface area contributed by atoms with E-state index in [4.69, 9.17) is 23.2 Å². The standard InChI is InChI=1S/C14H16Cl2N2O2/c1-3-14(4-2)12(19)18(13(20)17-14)8-9-5-6-10(15)7-11(9)16/h5-7H,3-4,8H2,1-2H3,(H,17,20). The van der Waals surface area contributed by atoms with E-state index < -0.39 is 5.54 Å². The minimum absolute atomic E-state index is 0.155. The first-order valence-corrected chi connectivity index (χ1v) is 7.27. The first kappa shape index (κ1) is 15.1. The molecular formula is C14H16Cl2N2O2. The van der Waals surface area contributed by atoms with Crippen LogP contribution in [-0.4, -0.2) is 22.4 Å². The molecule has 0 atom stereocenters. The number of hydrogen-bond donors (Lipinski definition) is 1. The van der Waals surface area contributed by atoms with Gasteiger partial charge in [0.15, 0.2) is 0 Å². The van der Waals surface area contributed by atoms with E-state index in [-0.39, 0.29) is 18.5 Å². The Bertz CT molecular complexity index is 556. The highest BCUT2D eigenvalue weighted by molar-refractivity contribution is 6.35. The fraction of sp³-hybridized carbons (Fsp3) is 0.429. The van der Waals surface area contributed by atoms with Crippen LogP contribution in [0.3, 0.4) is 0 Å². The van der Waals surface area contributed by atoms with Crippen molar-refractivity contribution in [3.8, 4) is 0 Å². The molecule has 1 heterocycles. The van der Waals surface area contributed by atoms with Crippen LogP contribution >= 0.6 is 23.2 Å². The fourth-order valence-electron chi connectivity index (χ4n) is 2.37. The third-order valence-corrected chi connectivity index (χ3v) is 4.38. The number of benzene rings is 1. The van der Waals surface area contributed by atoms with Crippen molar-refractivity contribution < 1.29 is 9.59 Å². The Morgan fingerprint density at radius 1 is 1.20 bits per heavy atom. The van der Waals surface area contributed by atoms with Gasteiger partial charge in [0.1, 0.15) is 5.54 Å². The summed E-state index contributed by atoms with van der Waals surface area (Å²) in [7, 11) is 0. The number of nitrogens with one attached hydrogen (secondary N) is 1. The number of hydrogen-bond acceptors (Lipinski definition) is 2. The molecule has 0 radical (unpaired) electrons. The van der Waals surface area contributed by atoms with E-state index in [2.05, 4.69) is 5.32 Å². The molecule has 0 aliphatic carbocycles. The van der Waals surface area contributed by atoms with Gasteiger partial charge in [-0.3, -0.25) is 9.69 Å². The van der Waals surface area contributed by atoms with Crippen LogP contribution in [0.2, 0.25) is 10.0 Å². The average Bonchev–Trinajstić information content (AvgIpc) is 2.66. The molecule has 4 nitrogen and oxygen atoms in total. The highest BCUT2D eigenvalue weighted by Gasteiger charge is 2.48. The predicted molar refractivity (Wildman–Crippen MR) is 78.9 cm³/mol. The zero-order chi connectivity index (χ0) is 14.9. The second kappa shape index (κ2) is 5.62. The zero-order valence-corrected chi connectivity index (χ0v) is 12.9. The molecule has 108 valence electrons. The highest BCUT2D eigenvalue weighted by Crippen LogP contribution is 2.28. The summed E-state index contributed by atoms with van der Waals surface area (Å²) in [5.74, 6) is -0.196. The number of rotatable bonds is 4. The van der Waals surface area contributed by atoms with E-state index in [9.17, 15) is 9.59 Å². The van der Waals surface area contributed by atoms with Crippen LogP contribution in [0, 0.1) is 0 Å². The quantitative estimate of drug-likeness (QED) is 0.863. The van der Waals surface area contributed by atoms with Gasteiger partial charge in [0, 0.05) is 10.0 Å². The molecule has 3 amide bonds. The second-order valence-electron chi connectivity index (χ2n) is 4.85. The lowest BCUT2D eigenvalue weighted by atomic mass is 9.93. The lowest BCUT2D eigenvalue weighted by Gasteiger charge is -2.23. The molecule has 1 aliphatic heterocycles. The van der Waals surface area contributed by atoms with Crippen LogP contribution in [0.5, 0.6) is 0 Å². The van der Waals surface area contributed by atoms with Crippen LogP contribution < -0.4 is 5.32 Å². The van der Waals surface area contributed by atoms with Crippen molar-refractivity contribution in [1.82, 2.24) is 10.2 Å². The van der Waals surface area contributed by atoms with E-state index in [1.807, 2.05) is 13.8 Å². The number of halogens is 2. The van der Waals surface area contributed by atoms with Gasteiger partial charge >= 0.3 is 6.03 Å². The summed E-state index contributed by atoms with van der Waals surface area (Å²) in [5.41, 5.74) is -0.0849. The molecule has 0 unspecified atom stereocenters. The van der Waals surface area contributed by atoms with Gasteiger partial charge in [-0.05, 0) is 30.5 Å². The summed E-state index contributed by atoms with van der Waals surface area (Å²) in [6, 6.07) is 4.64. The normalized spacial score (nSPS) is 17.5. The summed E-state index contributed by atoms with van der Waals surface area (Å²) in [6.07, 6.45) is 1.14. The summed E-state index contributed by atoms with van der Waals surface area (Å²) in [4.78, 5) is 25.7. The maximum absolute atomic E-state index is 12.5. The molecule has 0 aromatic heterocycles. The lowest BCUT2D eigenvalue weighted by molar-refractivity contribution is -0.132. The van der Waals surface area contributed by atoms with Crippen molar-refractivity contribution in [1.29, 1.82) is 0 Å². The summed E-state index contributed by atoms with van der Waals surface area (Å²) in [6.45, 7) is 3.93. The molecular weight excluding hydrogens is 299 g/mol. The number of nitrogens with zero attached hydrogens (tertiary/aromatic N) is 1. The fourth-order valence-corrected chi connectivity index (χ4v) is 2.84. The van der Waals surface area contributed by atoms with Gasteiger partial charge in [-0.15, -0.1) is 0 Å². The van der Waals surface area contributed by atoms with Gasteiger partial charge < -0.3 is 5.32 Å². The van der Waals surface area contributed by atoms with E-state index >= 15 is 0 Å². The van der Waals surface area contributed by atoms with Gasteiger partial charge in [-0.1, -0.05) is 43.1 Å². The third kappa shape index (κ3) is 2.50. The van der Waals surface area contributed by atoms with Crippen LogP contribution in [0.25, 0.3) is 0 Å². The number of amides is 3. The Balaban J connectivity index is 2.26. The lowest BCUT2D eigenvalue weighted by Crippen LogP contribution is -2.45. The van der Waals surface area contributed by atoms with E-state index in [1.165, 1.54) is 4.90 Å². The highest BCUT2D eigenvalue weighted by atomic mass is 35.5. The molecule has 6 heteroatoms. The van der Waals surface area contributed by atoms with Crippen molar-refractivity contribution in [2.24, 2.45) is 0 Å². The topological polar surface area (TPSA) is 49.4 Å². The molecule has 1 saturated heterocycles. The van der Waals surface area contributed by atoms with Crippen LogP contribution in [0.4, 0.5) is 4.79 Å². The number of imide groups is 1. The van der Waals surface area contributed by atoms with Crippen molar-refractivity contribution in [2.45, 2.75) is 38.8 Å². The largest absolute Gasteiger partial charge is 0.325 e. The Morgan fingerprint density at radius 2 is 1.85 bits per heavy atom. The predicted octanol–water partition coefficient (Wildman–Crippen LogP) is 3.60. The van der Waals surface area contributed by atoms with Gasteiger partial charge in [-0.25, -0.2) is 4.79 Å². The smallest absolute Gasteiger partial charge is 0.323 e. The molecule has 1 N–H and O–H groups in total. The van der Waals surface area contributed by atoms with Gasteiger partial charge in [0.25, 0.3) is 5.91 Å². The first-order chi connectivity index (χ1) is 9.43. The average molecular weight is 315 g/mol. The van der Waals surface area contributed by atoms with Gasteiger partial charge in [0.05, 0.1) is 6.54 Å². The van der Waals surface area contributed by atoms with Crippen LogP contribution in [-0.2, 0) is 11.3 Å². The van der Waals surface area contributed by atoms with Crippen molar-refractivity contribution in [3.05, 3.63) is 33.8 Å². The SMILES string of the molecule is CCC1(CC)NC(=O)N(Cc2ccc(Cl)cc2Cl)C1=O. The molecule has 0 saturated carbocycles. The Labute approximate surface area is 128 Å². The first-order valence-electron chi connectivity index (χ1n) is 6.51. The number of carbonyl (C=O) groups is 2. The maximum Gasteiger partial charge on any atom is 0.325 e. The minimum Gasteiger partial charge on any atom is -0.323 e. The Hall–Kier alpha value is -1.26. The van der Waals surface area contributed by atoms with Crippen molar-refractivity contribution in [3.63, 3.8) is 0 Å². The molecule has 2 rings (SSSR count). The minimum atomic E-state index is -0.782. The summed E-state index contributed by atoms with van der Waals surface area (Å²) < 4.78 is 0. The van der Waals surface area contributed by atoms with E-state index in [1.54, 1.807) is 18.2 Å². The zero-order valence-electron chi connectivity index (χ0n) is 11.4. The molecule has 1 aromatic carbocycles. The Morgan fingerprint density at radius 3 is 2.35 bits per heavy atom. The van der Waals surface area contributed by atoms with Gasteiger partial charge in [-0.2, -0.15) is 0 Å². The van der Waals surface area contributed by atoms with Crippen molar-refractivity contribution in [2.75, 3.05) is 0 Å². The molecule has 0 spiro atoms. The molecule has 1 aromatic rings. The maximum atomic E-state index is 12.5. The number of carbonyl (C=O) groups excluding carboxylic acids is 2. The third-order valence-electron chi connectivity index (χ3n) is 3.80. The summed E-state index contributed by atoms with van der Waals surface area (Å²) >= 11 is 11.9. The number of urea groups is 1. The monoisotopic (exact) mass is 314 g/mol. The van der Waals surface area contributed by atoms with E-state index in [0.717, 1.165) is 0 Å². The molecule has 20 heavy (non-hydrogen) atoms. The molecule has 1 aliphatic rings. The van der Waals surface area contributed by atoms with Gasteiger partial charge in [0.2, 0.25) is 0 Å². The van der Waals surface area contributed by atoms with Crippen LogP contribution in [0.1, 0.15) is 32.3 Å². The van der Waals surface area contributed by atoms with Crippen molar-refractivity contribution >= 4 is 35.1 Å². The Kier molecular flexibility index (Phi) is 4.25. The molecule has 1 fully saturated rings. The summed E-state index contributed by atoms with van der Waals surface area (Å²) in [5, 5.41) is 3.75. The second-order valence-corrected chi connectivity index (χ2v) is 5.69.